The minimum atomic E-state index is -1.02. The van der Waals surface area contributed by atoms with Crippen LogP contribution in [0.3, 0.4) is 0 Å². The van der Waals surface area contributed by atoms with Crippen LogP contribution in [0.5, 0.6) is 0 Å². The van der Waals surface area contributed by atoms with Gasteiger partial charge in [-0.2, -0.15) is 0 Å². The van der Waals surface area contributed by atoms with Gasteiger partial charge in [-0.3, -0.25) is 9.59 Å². The van der Waals surface area contributed by atoms with Crippen LogP contribution in [0.25, 0.3) is 0 Å². The van der Waals surface area contributed by atoms with Gasteiger partial charge in [-0.05, 0) is 55.5 Å². The van der Waals surface area contributed by atoms with Gasteiger partial charge in [0.05, 0.1) is 0 Å². The van der Waals surface area contributed by atoms with Crippen molar-refractivity contribution in [3.63, 3.8) is 0 Å². The summed E-state index contributed by atoms with van der Waals surface area (Å²) < 4.78 is 13.3. The fourth-order valence-electron chi connectivity index (χ4n) is 3.48. The van der Waals surface area contributed by atoms with E-state index in [1.807, 2.05) is 24.3 Å². The third kappa shape index (κ3) is 2.80. The minimum absolute atomic E-state index is 0.145. The molecule has 0 saturated heterocycles. The second-order valence-electron chi connectivity index (χ2n) is 6.74. The number of anilines is 2. The highest BCUT2D eigenvalue weighted by molar-refractivity contribution is 6.17. The lowest BCUT2D eigenvalue weighted by Crippen LogP contribution is -2.45. The molecule has 4 nitrogen and oxygen atoms in total. The average molecular weight is 338 g/mol. The largest absolute Gasteiger partial charge is 0.325 e. The van der Waals surface area contributed by atoms with Crippen LogP contribution in [0.1, 0.15) is 24.8 Å². The smallest absolute Gasteiger partial charge is 0.242 e. The van der Waals surface area contributed by atoms with E-state index in [0.29, 0.717) is 25.1 Å². The van der Waals surface area contributed by atoms with E-state index in [1.54, 1.807) is 11.0 Å². The van der Waals surface area contributed by atoms with Gasteiger partial charge in [-0.25, -0.2) is 4.39 Å². The van der Waals surface area contributed by atoms with Crippen molar-refractivity contribution in [1.29, 1.82) is 0 Å². The monoisotopic (exact) mass is 338 g/mol. The quantitative estimate of drug-likeness (QED) is 0.871. The Morgan fingerprint density at radius 2 is 1.88 bits per heavy atom. The number of aryl methyl sites for hydroxylation is 1. The van der Waals surface area contributed by atoms with E-state index < -0.39 is 11.2 Å². The summed E-state index contributed by atoms with van der Waals surface area (Å²) in [6, 6.07) is 13.6. The lowest BCUT2D eigenvalue weighted by atomic mass is 9.97. The average Bonchev–Trinajstić information content (AvgIpc) is 3.43. The molecule has 4 rings (SSSR count). The van der Waals surface area contributed by atoms with Crippen LogP contribution >= 0.6 is 0 Å². The van der Waals surface area contributed by atoms with Crippen LogP contribution in [0.15, 0.2) is 48.5 Å². The number of rotatable bonds is 3. The molecule has 128 valence electrons. The van der Waals surface area contributed by atoms with Crippen molar-refractivity contribution in [1.82, 2.24) is 0 Å². The number of carbonyl (C=O) groups is 2. The summed E-state index contributed by atoms with van der Waals surface area (Å²) >= 11 is 0. The molecule has 1 heterocycles. The molecule has 2 aliphatic rings. The number of fused-ring (bicyclic) bond motifs is 1. The van der Waals surface area contributed by atoms with Crippen molar-refractivity contribution in [2.45, 2.75) is 25.7 Å². The molecule has 1 fully saturated rings. The predicted molar refractivity (Wildman–Crippen MR) is 93.8 cm³/mol. The van der Waals surface area contributed by atoms with Gasteiger partial charge >= 0.3 is 0 Å². The molecule has 2 amide bonds. The van der Waals surface area contributed by atoms with Crippen LogP contribution in [-0.2, 0) is 16.0 Å². The number of para-hydroxylation sites is 1. The maximum atomic E-state index is 13.3. The molecule has 1 N–H and O–H groups in total. The number of benzene rings is 2. The molecule has 1 aliphatic heterocycles. The first kappa shape index (κ1) is 15.8. The molecule has 5 heteroatoms. The molecule has 25 heavy (non-hydrogen) atoms. The highest BCUT2D eigenvalue weighted by Crippen LogP contribution is 2.49. The highest BCUT2D eigenvalue weighted by Gasteiger charge is 2.58. The molecule has 0 bridgehead atoms. The first-order valence-electron chi connectivity index (χ1n) is 8.57. The van der Waals surface area contributed by atoms with Crippen molar-refractivity contribution in [2.24, 2.45) is 5.41 Å². The number of carbonyl (C=O) groups excluding carboxylic acids is 2. The summed E-state index contributed by atoms with van der Waals surface area (Å²) in [5.74, 6) is -0.904. The SMILES string of the molecule is O=C(Nc1cccc(F)c1)C1(C(=O)N2CCCc3ccccc32)CC1. The zero-order chi connectivity index (χ0) is 17.4. The normalized spacial score (nSPS) is 17.6. The molecule has 0 radical (unpaired) electrons. The number of halogens is 1. The summed E-state index contributed by atoms with van der Waals surface area (Å²) in [5, 5.41) is 2.70. The number of hydrogen-bond donors (Lipinski definition) is 1. The van der Waals surface area contributed by atoms with Crippen LogP contribution in [0.2, 0.25) is 0 Å². The van der Waals surface area contributed by atoms with Crippen LogP contribution in [0, 0.1) is 11.2 Å². The van der Waals surface area contributed by atoms with E-state index in [4.69, 9.17) is 0 Å². The lowest BCUT2D eigenvalue weighted by Gasteiger charge is -2.32. The van der Waals surface area contributed by atoms with Gasteiger partial charge in [0.1, 0.15) is 11.2 Å². The van der Waals surface area contributed by atoms with Crippen LogP contribution in [-0.4, -0.2) is 18.4 Å². The second kappa shape index (κ2) is 5.99. The van der Waals surface area contributed by atoms with Crippen molar-refractivity contribution < 1.29 is 14.0 Å². The predicted octanol–water partition coefficient (Wildman–Crippen LogP) is 3.52. The third-order valence-corrected chi connectivity index (χ3v) is 5.03. The van der Waals surface area contributed by atoms with Crippen LogP contribution in [0.4, 0.5) is 15.8 Å². The van der Waals surface area contributed by atoms with Gasteiger partial charge in [-0.15, -0.1) is 0 Å². The molecule has 1 aliphatic carbocycles. The molecule has 1 saturated carbocycles. The van der Waals surface area contributed by atoms with Crippen molar-refractivity contribution >= 4 is 23.2 Å². The fourth-order valence-corrected chi connectivity index (χ4v) is 3.48. The van der Waals surface area contributed by atoms with E-state index in [9.17, 15) is 14.0 Å². The number of nitrogens with one attached hydrogen (secondary N) is 1. The maximum Gasteiger partial charge on any atom is 0.242 e. The summed E-state index contributed by atoms with van der Waals surface area (Å²) in [6.07, 6.45) is 2.91. The Morgan fingerprint density at radius 1 is 1.08 bits per heavy atom. The Labute approximate surface area is 145 Å². The van der Waals surface area contributed by atoms with E-state index in [-0.39, 0.29) is 11.8 Å². The van der Waals surface area contributed by atoms with Gasteiger partial charge in [0.2, 0.25) is 11.8 Å². The van der Waals surface area contributed by atoms with E-state index >= 15 is 0 Å². The number of amides is 2. The van der Waals surface area contributed by atoms with Crippen LogP contribution < -0.4 is 10.2 Å². The van der Waals surface area contributed by atoms with E-state index in [0.717, 1.165) is 24.1 Å². The Balaban J connectivity index is 1.57. The maximum absolute atomic E-state index is 13.3. The number of nitrogens with zero attached hydrogens (tertiary/aromatic N) is 1. The molecule has 0 atom stereocenters. The zero-order valence-electron chi connectivity index (χ0n) is 13.8. The molecular weight excluding hydrogens is 319 g/mol. The first-order chi connectivity index (χ1) is 12.1. The van der Waals surface area contributed by atoms with Gasteiger partial charge in [-0.1, -0.05) is 24.3 Å². The van der Waals surface area contributed by atoms with Gasteiger partial charge in [0, 0.05) is 17.9 Å². The van der Waals surface area contributed by atoms with Gasteiger partial charge < -0.3 is 10.2 Å². The molecule has 2 aromatic carbocycles. The summed E-state index contributed by atoms with van der Waals surface area (Å²) in [6.45, 7) is 0.630. The minimum Gasteiger partial charge on any atom is -0.325 e. The first-order valence-corrected chi connectivity index (χ1v) is 8.57. The molecule has 2 aromatic rings. The zero-order valence-corrected chi connectivity index (χ0v) is 13.8. The van der Waals surface area contributed by atoms with E-state index in [2.05, 4.69) is 5.32 Å². The van der Waals surface area contributed by atoms with Crippen molar-refractivity contribution in [3.8, 4) is 0 Å². The Bertz CT molecular complexity index is 845. The van der Waals surface area contributed by atoms with Crippen molar-refractivity contribution in [3.05, 3.63) is 59.9 Å². The van der Waals surface area contributed by atoms with Crippen molar-refractivity contribution in [2.75, 3.05) is 16.8 Å². The molecule has 0 aromatic heterocycles. The number of hydrogen-bond acceptors (Lipinski definition) is 2. The summed E-state index contributed by atoms with van der Waals surface area (Å²) in [4.78, 5) is 27.6. The molecule has 0 unspecified atom stereocenters. The second-order valence-corrected chi connectivity index (χ2v) is 6.74. The third-order valence-electron chi connectivity index (χ3n) is 5.03. The Morgan fingerprint density at radius 3 is 2.64 bits per heavy atom. The molecule has 0 spiro atoms. The van der Waals surface area contributed by atoms with Gasteiger partial charge in [0.15, 0.2) is 0 Å². The lowest BCUT2D eigenvalue weighted by molar-refractivity contribution is -0.132. The highest BCUT2D eigenvalue weighted by atomic mass is 19.1. The van der Waals surface area contributed by atoms with Gasteiger partial charge in [0.25, 0.3) is 0 Å². The fraction of sp³-hybridized carbons (Fsp3) is 0.300. The Kier molecular flexibility index (Phi) is 3.79. The topological polar surface area (TPSA) is 49.4 Å². The summed E-state index contributed by atoms with van der Waals surface area (Å²) in [7, 11) is 0. The van der Waals surface area contributed by atoms with E-state index in [1.165, 1.54) is 18.2 Å². The standard InChI is InChI=1S/C20H19FN2O2/c21-15-7-3-8-16(13-15)22-18(24)20(10-11-20)19(25)23-12-4-6-14-5-1-2-9-17(14)23/h1-3,5,7-9,13H,4,6,10-12H2,(H,22,24). The Hall–Kier alpha value is -2.69. The summed E-state index contributed by atoms with van der Waals surface area (Å²) in [5.41, 5.74) is 1.41. The molecular formula is C20H19FN2O2.